The van der Waals surface area contributed by atoms with Gasteiger partial charge in [0.25, 0.3) is 0 Å². The number of rotatable bonds is 6. The van der Waals surface area contributed by atoms with E-state index in [9.17, 15) is 4.79 Å². The Morgan fingerprint density at radius 2 is 1.95 bits per heavy atom. The molecule has 7 rings (SSSR count). The number of nitrogens with one attached hydrogen (secondary N) is 3. The van der Waals surface area contributed by atoms with E-state index in [1.54, 1.807) is 31.1 Å². The lowest BCUT2D eigenvalue weighted by Crippen LogP contribution is -2.10. The number of aromatic nitrogens is 10. The van der Waals surface area contributed by atoms with Gasteiger partial charge in [-0.15, -0.1) is 0 Å². The molecular formula is C27H21N11O. The van der Waals surface area contributed by atoms with Crippen LogP contribution in [-0.4, -0.2) is 55.6 Å². The molecule has 1 amide bonds. The smallest absolute Gasteiger partial charge is 0.224 e. The van der Waals surface area contributed by atoms with Crippen LogP contribution in [0.25, 0.3) is 61.9 Å². The number of para-hydroxylation sites is 1. The van der Waals surface area contributed by atoms with Crippen LogP contribution in [0.2, 0.25) is 0 Å². The Labute approximate surface area is 221 Å². The molecule has 0 spiro atoms. The number of benzene rings is 1. The first-order valence-electron chi connectivity index (χ1n) is 12.4. The molecule has 190 valence electrons. The molecule has 0 unspecified atom stereocenters. The first-order valence-corrected chi connectivity index (χ1v) is 12.4. The predicted molar refractivity (Wildman–Crippen MR) is 145 cm³/mol. The molecule has 12 heteroatoms. The third-order valence-corrected chi connectivity index (χ3v) is 6.44. The van der Waals surface area contributed by atoms with Crippen molar-refractivity contribution in [2.24, 2.45) is 0 Å². The van der Waals surface area contributed by atoms with E-state index in [-0.39, 0.29) is 5.91 Å². The van der Waals surface area contributed by atoms with Crippen LogP contribution in [0.15, 0.2) is 67.8 Å². The van der Waals surface area contributed by atoms with Crippen molar-refractivity contribution in [1.82, 2.24) is 49.7 Å². The van der Waals surface area contributed by atoms with Crippen LogP contribution in [0.5, 0.6) is 0 Å². The number of hydrogen-bond acceptors (Lipinski definition) is 8. The van der Waals surface area contributed by atoms with Gasteiger partial charge in [-0.1, -0.05) is 13.0 Å². The molecule has 5 aromatic rings. The fourth-order valence-electron chi connectivity index (χ4n) is 4.63. The van der Waals surface area contributed by atoms with E-state index in [4.69, 9.17) is 4.98 Å². The molecule has 0 fully saturated rings. The first-order chi connectivity index (χ1) is 19.2. The number of anilines is 1. The highest BCUT2D eigenvalue weighted by atomic mass is 16.1. The molecule has 0 atom stereocenters. The molecule has 1 aromatic carbocycles. The quantitative estimate of drug-likeness (QED) is 0.295. The molecule has 0 radical (unpaired) electrons. The van der Waals surface area contributed by atoms with E-state index >= 15 is 0 Å². The lowest BCUT2D eigenvalue weighted by Gasteiger charge is -2.09. The predicted octanol–water partition coefficient (Wildman–Crippen LogP) is 4.38. The number of H-pyrrole nitrogens is 2. The first kappa shape index (κ1) is 22.7. The largest absolute Gasteiger partial charge is 0.337 e. The number of amides is 1. The molecule has 39 heavy (non-hydrogen) atoms. The van der Waals surface area contributed by atoms with Gasteiger partial charge in [0.2, 0.25) is 5.91 Å². The highest BCUT2D eigenvalue weighted by Gasteiger charge is 2.18. The summed E-state index contributed by atoms with van der Waals surface area (Å²) in [5.74, 6) is 1.28. The van der Waals surface area contributed by atoms with Crippen molar-refractivity contribution in [2.45, 2.75) is 19.8 Å². The zero-order chi connectivity index (χ0) is 26.3. The summed E-state index contributed by atoms with van der Waals surface area (Å²) >= 11 is 0. The maximum Gasteiger partial charge on any atom is 0.224 e. The summed E-state index contributed by atoms with van der Waals surface area (Å²) < 4.78 is 1.87. The summed E-state index contributed by atoms with van der Waals surface area (Å²) in [6.07, 6.45) is 11.2. The Hall–Kier alpha value is -5.52. The Morgan fingerprint density at radius 3 is 2.87 bits per heavy atom. The van der Waals surface area contributed by atoms with Gasteiger partial charge in [-0.2, -0.15) is 5.10 Å². The Balaban J connectivity index is 1.29. The number of nitrogens with zero attached hydrogens (tertiary/aromatic N) is 8. The maximum absolute atomic E-state index is 12.1. The zero-order valence-electron chi connectivity index (χ0n) is 20.8. The van der Waals surface area contributed by atoms with Gasteiger partial charge < -0.3 is 10.3 Å². The Bertz CT molecular complexity index is 1950. The van der Waals surface area contributed by atoms with Crippen LogP contribution in [0.1, 0.15) is 19.8 Å². The number of hydrogen-bond donors (Lipinski definition) is 3. The molecule has 0 saturated heterocycles. The van der Waals surface area contributed by atoms with Gasteiger partial charge in [0.05, 0.1) is 34.7 Å². The van der Waals surface area contributed by atoms with E-state index in [1.807, 2.05) is 41.8 Å². The maximum atomic E-state index is 12.1. The van der Waals surface area contributed by atoms with Crippen LogP contribution in [0.4, 0.5) is 5.69 Å². The van der Waals surface area contributed by atoms with Crippen LogP contribution >= 0.6 is 0 Å². The lowest BCUT2D eigenvalue weighted by molar-refractivity contribution is -0.116. The number of carbonyl (C=O) groups is 1. The monoisotopic (exact) mass is 515 g/mol. The SMILES string of the molecule is CCCC(=O)Nc1cncc(-c2cnc3n[nH]c(-c4nc5c(-n6cncc7ncnc6-7)cccc5[nH]4)c3c2)c1. The van der Waals surface area contributed by atoms with Gasteiger partial charge in [-0.3, -0.25) is 19.4 Å². The summed E-state index contributed by atoms with van der Waals surface area (Å²) in [7, 11) is 0. The fraction of sp³-hybridized carbons (Fsp3) is 0.111. The minimum Gasteiger partial charge on any atom is -0.337 e. The van der Waals surface area contributed by atoms with Crippen LogP contribution in [-0.2, 0) is 4.79 Å². The highest BCUT2D eigenvalue weighted by molar-refractivity contribution is 5.95. The molecule has 3 N–H and O–H groups in total. The van der Waals surface area contributed by atoms with E-state index in [2.05, 4.69) is 45.4 Å². The highest BCUT2D eigenvalue weighted by Crippen LogP contribution is 2.32. The zero-order valence-corrected chi connectivity index (χ0v) is 20.8. The number of fused-ring (bicyclic) bond motifs is 3. The van der Waals surface area contributed by atoms with Crippen molar-refractivity contribution >= 4 is 33.7 Å². The summed E-state index contributed by atoms with van der Waals surface area (Å²) in [4.78, 5) is 42.2. The van der Waals surface area contributed by atoms with Gasteiger partial charge in [0.15, 0.2) is 17.3 Å². The second kappa shape index (κ2) is 9.10. The van der Waals surface area contributed by atoms with Crippen molar-refractivity contribution in [3.05, 3.63) is 67.8 Å². The van der Waals surface area contributed by atoms with E-state index in [0.29, 0.717) is 40.8 Å². The summed E-state index contributed by atoms with van der Waals surface area (Å²) in [5, 5.41) is 11.2. The molecule has 0 aliphatic carbocycles. The second-order valence-corrected chi connectivity index (χ2v) is 9.06. The van der Waals surface area contributed by atoms with Gasteiger partial charge in [0.1, 0.15) is 29.6 Å². The molecule has 4 aromatic heterocycles. The number of aromatic amines is 2. The fourth-order valence-corrected chi connectivity index (χ4v) is 4.63. The van der Waals surface area contributed by atoms with E-state index in [0.717, 1.165) is 39.7 Å². The van der Waals surface area contributed by atoms with Gasteiger partial charge in [-0.05, 0) is 30.7 Å². The molecule has 2 aliphatic rings. The minimum atomic E-state index is -0.0398. The van der Waals surface area contributed by atoms with Gasteiger partial charge >= 0.3 is 0 Å². The molecular weight excluding hydrogens is 494 g/mol. The normalized spacial score (nSPS) is 11.5. The summed E-state index contributed by atoms with van der Waals surface area (Å²) in [6.45, 7) is 1.97. The van der Waals surface area contributed by atoms with Crippen LogP contribution < -0.4 is 5.32 Å². The van der Waals surface area contributed by atoms with Crippen LogP contribution in [0.3, 0.4) is 0 Å². The van der Waals surface area contributed by atoms with Crippen molar-refractivity contribution in [1.29, 1.82) is 0 Å². The number of imidazole rings is 2. The third-order valence-electron chi connectivity index (χ3n) is 6.44. The van der Waals surface area contributed by atoms with Crippen LogP contribution in [0, 0.1) is 0 Å². The molecule has 2 aliphatic heterocycles. The van der Waals surface area contributed by atoms with Gasteiger partial charge in [0, 0.05) is 29.9 Å². The summed E-state index contributed by atoms with van der Waals surface area (Å²) in [6, 6.07) is 9.75. The third kappa shape index (κ3) is 3.94. The molecule has 12 nitrogen and oxygen atoms in total. The second-order valence-electron chi connectivity index (χ2n) is 9.06. The standard InChI is InChI=1S/C27H21N11O/c1-2-4-22(39)33-17-7-15(9-28-11-17)16-8-18-23(36-37-25(18)30-10-16)26-34-19-5-3-6-21(24(19)35-26)38-14-29-12-20-27(38)32-13-31-20/h3,5-14H,2,4H2,1H3,(H,33,39)(H,34,35)(H,30,36,37). The molecule has 6 heterocycles. The van der Waals surface area contributed by atoms with Crippen molar-refractivity contribution in [2.75, 3.05) is 5.32 Å². The van der Waals surface area contributed by atoms with Crippen molar-refractivity contribution in [3.8, 4) is 39.9 Å². The topological polar surface area (TPSA) is 156 Å². The van der Waals surface area contributed by atoms with Crippen molar-refractivity contribution in [3.63, 3.8) is 0 Å². The van der Waals surface area contributed by atoms with Gasteiger partial charge in [-0.25, -0.2) is 24.9 Å². The Kier molecular flexibility index (Phi) is 5.29. The average molecular weight is 516 g/mol. The summed E-state index contributed by atoms with van der Waals surface area (Å²) in [5.41, 5.74) is 6.69. The molecule has 0 saturated carbocycles. The number of carbonyl (C=O) groups excluding carboxylic acids is 1. The molecule has 0 bridgehead atoms. The minimum absolute atomic E-state index is 0.0398. The van der Waals surface area contributed by atoms with E-state index in [1.165, 1.54) is 6.33 Å². The van der Waals surface area contributed by atoms with E-state index < -0.39 is 0 Å². The average Bonchev–Trinajstić information content (AvgIpc) is 3.70. The number of pyridine rings is 2. The van der Waals surface area contributed by atoms with Crippen molar-refractivity contribution < 1.29 is 4.79 Å². The Morgan fingerprint density at radius 1 is 1.03 bits per heavy atom. The lowest BCUT2D eigenvalue weighted by atomic mass is 10.1.